The highest BCUT2D eigenvalue weighted by molar-refractivity contribution is 6.19. The summed E-state index contributed by atoms with van der Waals surface area (Å²) in [7, 11) is 0. The second-order valence-electron chi connectivity index (χ2n) is 4.46. The molecule has 5 N–H and O–H groups in total. The van der Waals surface area contributed by atoms with Gasteiger partial charge in [-0.3, -0.25) is 4.79 Å². The van der Waals surface area contributed by atoms with E-state index >= 15 is 0 Å². The number of aromatic nitrogens is 1. The van der Waals surface area contributed by atoms with Crippen LogP contribution in [-0.4, -0.2) is 29.2 Å². The molecule has 3 amide bonds. The number of fused-ring (bicyclic) bond motifs is 3. The van der Waals surface area contributed by atoms with E-state index in [1.807, 2.05) is 24.3 Å². The van der Waals surface area contributed by atoms with E-state index in [2.05, 4.69) is 20.8 Å². The summed E-state index contributed by atoms with van der Waals surface area (Å²) in [5.41, 5.74) is 9.90. The molecule has 0 aliphatic carbocycles. The molecule has 7 heteroatoms. The Morgan fingerprint density at radius 3 is 2.95 bits per heavy atom. The Kier molecular flexibility index (Phi) is 2.86. The van der Waals surface area contributed by atoms with Crippen LogP contribution in [-0.2, 0) is 0 Å². The van der Waals surface area contributed by atoms with Gasteiger partial charge in [0.05, 0.1) is 5.71 Å². The number of hydrazone groups is 1. The Balaban J connectivity index is 2.21. The van der Waals surface area contributed by atoms with E-state index in [4.69, 9.17) is 5.73 Å². The number of rotatable bonds is 1. The van der Waals surface area contributed by atoms with E-state index in [1.165, 1.54) is 0 Å². The van der Waals surface area contributed by atoms with Gasteiger partial charge in [0.15, 0.2) is 0 Å². The summed E-state index contributed by atoms with van der Waals surface area (Å²) in [6, 6.07) is 6.83. The quantitative estimate of drug-likeness (QED) is 0.571. The Hall–Kier alpha value is -2.83. The normalized spacial score (nSPS) is 16.6. The number of carbonyl (C=O) groups excluding carboxylic acids is 2. The molecule has 7 nitrogen and oxygen atoms in total. The van der Waals surface area contributed by atoms with Crippen molar-refractivity contribution in [1.82, 2.24) is 15.7 Å². The molecule has 1 aromatic heterocycles. The highest BCUT2D eigenvalue weighted by atomic mass is 16.2. The zero-order chi connectivity index (χ0) is 14.1. The molecule has 1 aliphatic rings. The van der Waals surface area contributed by atoms with Gasteiger partial charge in [-0.2, -0.15) is 5.10 Å². The molecule has 3 rings (SSSR count). The van der Waals surface area contributed by atoms with Crippen LogP contribution in [0.3, 0.4) is 0 Å². The first-order valence-electron chi connectivity index (χ1n) is 6.18. The number of hydrogen-bond donors (Lipinski definition) is 4. The van der Waals surface area contributed by atoms with Crippen molar-refractivity contribution in [3.63, 3.8) is 0 Å². The van der Waals surface area contributed by atoms with Gasteiger partial charge in [0.1, 0.15) is 5.69 Å². The number of primary amides is 1. The summed E-state index contributed by atoms with van der Waals surface area (Å²) in [6.45, 7) is 0.453. The van der Waals surface area contributed by atoms with Gasteiger partial charge in [0.2, 0.25) is 0 Å². The van der Waals surface area contributed by atoms with Crippen LogP contribution in [0.1, 0.15) is 22.5 Å². The largest absolute Gasteiger partial charge is 0.350 e. The first-order valence-corrected chi connectivity index (χ1v) is 6.18. The van der Waals surface area contributed by atoms with Gasteiger partial charge in [-0.05, 0) is 6.07 Å². The van der Waals surface area contributed by atoms with Crippen molar-refractivity contribution in [1.29, 1.82) is 0 Å². The maximum absolute atomic E-state index is 12.0. The Morgan fingerprint density at radius 1 is 1.35 bits per heavy atom. The standard InChI is InChI=1S/C13H13N5O2/c14-13(20)18-17-9-5-6-15-12(19)11-10(9)7-3-1-2-4-8(7)16-11/h1-4,16H,5-6H2,(H,15,19)(H3,14,18,20)/b17-9+. The average Bonchev–Trinajstić information content (AvgIpc) is 2.74. The molecule has 0 bridgehead atoms. The second kappa shape index (κ2) is 4.69. The van der Waals surface area contributed by atoms with Crippen LogP contribution in [0.25, 0.3) is 10.9 Å². The molecule has 102 valence electrons. The third kappa shape index (κ3) is 1.99. The van der Waals surface area contributed by atoms with Gasteiger partial charge in [-0.25, -0.2) is 10.2 Å². The fourth-order valence-corrected chi connectivity index (χ4v) is 2.35. The highest BCUT2D eigenvalue weighted by Crippen LogP contribution is 2.25. The summed E-state index contributed by atoms with van der Waals surface area (Å²) in [5.74, 6) is -0.180. The molecule has 0 atom stereocenters. The predicted molar refractivity (Wildman–Crippen MR) is 74.5 cm³/mol. The molecule has 2 aromatic rings. The van der Waals surface area contributed by atoms with Gasteiger partial charge < -0.3 is 16.0 Å². The molecule has 20 heavy (non-hydrogen) atoms. The van der Waals surface area contributed by atoms with Crippen LogP contribution in [0.2, 0.25) is 0 Å². The van der Waals surface area contributed by atoms with Crippen molar-refractivity contribution in [2.45, 2.75) is 6.42 Å². The molecule has 0 fully saturated rings. The van der Waals surface area contributed by atoms with Gasteiger partial charge in [0, 0.05) is 29.4 Å². The van der Waals surface area contributed by atoms with E-state index in [9.17, 15) is 9.59 Å². The average molecular weight is 271 g/mol. The number of para-hydroxylation sites is 1. The van der Waals surface area contributed by atoms with E-state index in [0.29, 0.717) is 29.9 Å². The van der Waals surface area contributed by atoms with Crippen LogP contribution < -0.4 is 16.5 Å². The number of H-pyrrole nitrogens is 1. The number of benzene rings is 1. The molecular weight excluding hydrogens is 258 g/mol. The Labute approximate surface area is 114 Å². The van der Waals surface area contributed by atoms with Crippen molar-refractivity contribution < 1.29 is 9.59 Å². The number of amides is 3. The topological polar surface area (TPSA) is 112 Å². The number of nitrogens with one attached hydrogen (secondary N) is 3. The van der Waals surface area contributed by atoms with Crippen LogP contribution in [0, 0.1) is 0 Å². The van der Waals surface area contributed by atoms with E-state index < -0.39 is 6.03 Å². The fraction of sp³-hybridized carbons (Fsp3) is 0.154. The summed E-state index contributed by atoms with van der Waals surface area (Å²) in [5, 5.41) is 7.70. The number of nitrogens with zero attached hydrogens (tertiary/aromatic N) is 1. The van der Waals surface area contributed by atoms with Crippen molar-refractivity contribution >= 4 is 28.6 Å². The number of carbonyl (C=O) groups is 2. The van der Waals surface area contributed by atoms with Crippen molar-refractivity contribution in [2.75, 3.05) is 6.54 Å². The van der Waals surface area contributed by atoms with Crippen LogP contribution in [0.15, 0.2) is 29.4 Å². The maximum Gasteiger partial charge on any atom is 0.332 e. The minimum absolute atomic E-state index is 0.180. The number of nitrogens with two attached hydrogens (primary N) is 1. The smallest absolute Gasteiger partial charge is 0.332 e. The molecule has 1 aliphatic heterocycles. The molecule has 2 heterocycles. The Morgan fingerprint density at radius 2 is 2.15 bits per heavy atom. The number of urea groups is 1. The molecule has 0 saturated heterocycles. The zero-order valence-corrected chi connectivity index (χ0v) is 10.6. The van der Waals surface area contributed by atoms with Crippen LogP contribution in [0.5, 0.6) is 0 Å². The first-order chi connectivity index (χ1) is 9.66. The molecule has 0 saturated carbocycles. The third-order valence-corrected chi connectivity index (χ3v) is 3.17. The molecule has 1 aromatic carbocycles. The fourth-order valence-electron chi connectivity index (χ4n) is 2.35. The second-order valence-corrected chi connectivity index (χ2v) is 4.46. The van der Waals surface area contributed by atoms with Gasteiger partial charge >= 0.3 is 6.03 Å². The number of aromatic amines is 1. The number of hydrogen-bond acceptors (Lipinski definition) is 3. The van der Waals surface area contributed by atoms with Crippen molar-refractivity contribution in [2.24, 2.45) is 10.8 Å². The minimum Gasteiger partial charge on any atom is -0.350 e. The maximum atomic E-state index is 12.0. The monoisotopic (exact) mass is 271 g/mol. The van der Waals surface area contributed by atoms with E-state index in [-0.39, 0.29) is 5.91 Å². The SMILES string of the molecule is NC(=O)N/N=C1\CCNC(=O)c2[nH]c3ccccc3c21. The summed E-state index contributed by atoms with van der Waals surface area (Å²) in [6.07, 6.45) is 0.515. The van der Waals surface area contributed by atoms with E-state index in [0.717, 1.165) is 10.9 Å². The van der Waals surface area contributed by atoms with Crippen molar-refractivity contribution in [3.05, 3.63) is 35.5 Å². The van der Waals surface area contributed by atoms with Gasteiger partial charge in [-0.1, -0.05) is 18.2 Å². The minimum atomic E-state index is -0.734. The van der Waals surface area contributed by atoms with Crippen molar-refractivity contribution in [3.8, 4) is 0 Å². The summed E-state index contributed by atoms with van der Waals surface area (Å²) >= 11 is 0. The molecule has 0 unspecified atom stereocenters. The molecular formula is C13H13N5O2. The first kappa shape index (κ1) is 12.2. The third-order valence-electron chi connectivity index (χ3n) is 3.17. The lowest BCUT2D eigenvalue weighted by atomic mass is 10.0. The van der Waals surface area contributed by atoms with E-state index in [1.54, 1.807) is 0 Å². The van der Waals surface area contributed by atoms with Gasteiger partial charge in [0.25, 0.3) is 5.91 Å². The predicted octanol–water partition coefficient (Wildman–Crippen LogP) is 0.674. The van der Waals surface area contributed by atoms with Gasteiger partial charge in [-0.15, -0.1) is 0 Å². The molecule has 0 radical (unpaired) electrons. The zero-order valence-electron chi connectivity index (χ0n) is 10.6. The summed E-state index contributed by atoms with van der Waals surface area (Å²) in [4.78, 5) is 26.0. The highest BCUT2D eigenvalue weighted by Gasteiger charge is 2.24. The lowest BCUT2D eigenvalue weighted by molar-refractivity contribution is 0.0952. The van der Waals surface area contributed by atoms with Crippen LogP contribution >= 0.6 is 0 Å². The lowest BCUT2D eigenvalue weighted by Gasteiger charge is -2.03. The summed E-state index contributed by atoms with van der Waals surface area (Å²) < 4.78 is 0. The lowest BCUT2D eigenvalue weighted by Crippen LogP contribution is -2.26. The molecule has 0 spiro atoms. The van der Waals surface area contributed by atoms with Crippen LogP contribution in [0.4, 0.5) is 4.79 Å². The Bertz CT molecular complexity index is 731.